The summed E-state index contributed by atoms with van der Waals surface area (Å²) < 4.78 is 5.56. The molecule has 6 heteroatoms. The van der Waals surface area contributed by atoms with Crippen LogP contribution in [0.4, 0.5) is 11.8 Å². The largest absolute Gasteiger partial charge is 0.389 e. The summed E-state index contributed by atoms with van der Waals surface area (Å²) in [5.41, 5.74) is 1.09. The molecule has 0 aromatic carbocycles. The Balaban J connectivity index is 1.44. The molecule has 6 nitrogen and oxygen atoms in total. The van der Waals surface area contributed by atoms with Gasteiger partial charge in [-0.15, -0.1) is 0 Å². The third kappa shape index (κ3) is 4.12. The molecule has 0 radical (unpaired) electrons. The van der Waals surface area contributed by atoms with E-state index in [9.17, 15) is 5.11 Å². The lowest BCUT2D eigenvalue weighted by atomic mass is 10.0. The first-order valence-corrected chi connectivity index (χ1v) is 10.3. The summed E-state index contributed by atoms with van der Waals surface area (Å²) in [4.78, 5) is 13.9. The molecule has 1 aromatic rings. The zero-order valence-electron chi connectivity index (χ0n) is 15.9. The highest BCUT2D eigenvalue weighted by atomic mass is 16.5. The highest BCUT2D eigenvalue weighted by molar-refractivity contribution is 5.47. The molecule has 1 saturated carbocycles. The molecule has 1 N–H and O–H groups in total. The fraction of sp³-hybridized carbons (Fsp3) is 0.800. The minimum absolute atomic E-state index is 0.246. The zero-order valence-corrected chi connectivity index (χ0v) is 15.9. The van der Waals surface area contributed by atoms with Gasteiger partial charge in [0.25, 0.3) is 0 Å². The van der Waals surface area contributed by atoms with Gasteiger partial charge in [-0.3, -0.25) is 0 Å². The Labute approximate surface area is 156 Å². The average Bonchev–Trinajstić information content (AvgIpc) is 3.32. The van der Waals surface area contributed by atoms with Crippen LogP contribution in [0.3, 0.4) is 0 Å². The second-order valence-electron chi connectivity index (χ2n) is 8.28. The number of rotatable bonds is 7. The SMILES string of the molecule is CN(CCCC1CCCC1)c1cc([C@H]2CCOC2)nc(N2CC(O)C2)n1. The highest BCUT2D eigenvalue weighted by Crippen LogP contribution is 2.30. The molecule has 3 aliphatic rings. The van der Waals surface area contributed by atoms with E-state index >= 15 is 0 Å². The molecule has 4 rings (SSSR count). The lowest BCUT2D eigenvalue weighted by molar-refractivity contribution is 0.140. The van der Waals surface area contributed by atoms with Crippen molar-refractivity contribution in [3.8, 4) is 0 Å². The molecule has 144 valence electrons. The molecule has 3 fully saturated rings. The van der Waals surface area contributed by atoms with Gasteiger partial charge in [0, 0.05) is 45.3 Å². The Morgan fingerprint density at radius 3 is 2.73 bits per heavy atom. The lowest BCUT2D eigenvalue weighted by Crippen LogP contribution is -2.51. The first-order chi connectivity index (χ1) is 12.7. The van der Waals surface area contributed by atoms with Crippen LogP contribution in [-0.4, -0.2) is 61.1 Å². The second kappa shape index (κ2) is 8.09. The maximum Gasteiger partial charge on any atom is 0.227 e. The molecule has 1 atom stereocenters. The van der Waals surface area contributed by atoms with Crippen molar-refractivity contribution >= 4 is 11.8 Å². The molecular formula is C20H32N4O2. The van der Waals surface area contributed by atoms with Crippen LogP contribution in [-0.2, 0) is 4.74 Å². The van der Waals surface area contributed by atoms with E-state index in [1.54, 1.807) is 0 Å². The fourth-order valence-corrected chi connectivity index (χ4v) is 4.40. The molecule has 0 spiro atoms. The molecule has 1 aromatic heterocycles. The molecule has 3 heterocycles. The highest BCUT2D eigenvalue weighted by Gasteiger charge is 2.29. The Bertz CT molecular complexity index is 593. The van der Waals surface area contributed by atoms with E-state index in [2.05, 4.69) is 22.9 Å². The van der Waals surface area contributed by atoms with Crippen molar-refractivity contribution in [2.45, 2.75) is 57.0 Å². The monoisotopic (exact) mass is 360 g/mol. The number of anilines is 2. The van der Waals surface area contributed by atoms with Crippen LogP contribution in [0, 0.1) is 5.92 Å². The number of β-amino-alcohol motifs (C(OH)–C–C–N with tert-alkyl or cyclic N) is 1. The van der Waals surface area contributed by atoms with Crippen molar-refractivity contribution in [2.24, 2.45) is 5.92 Å². The van der Waals surface area contributed by atoms with E-state index in [0.29, 0.717) is 19.0 Å². The molecule has 2 aliphatic heterocycles. The van der Waals surface area contributed by atoms with Crippen LogP contribution in [0.1, 0.15) is 56.6 Å². The van der Waals surface area contributed by atoms with Crippen LogP contribution in [0.5, 0.6) is 0 Å². The Hall–Kier alpha value is -1.40. The molecule has 1 aliphatic carbocycles. The summed E-state index contributed by atoms with van der Waals surface area (Å²) in [6.45, 7) is 3.88. The maximum atomic E-state index is 9.63. The van der Waals surface area contributed by atoms with Crippen LogP contribution >= 0.6 is 0 Å². The Morgan fingerprint density at radius 2 is 2.04 bits per heavy atom. The number of aliphatic hydroxyl groups is 1. The standard InChI is InChI=1S/C20H32N4O2/c1-23(9-4-7-15-5-2-3-6-15)19-11-18(16-8-10-26-14-16)21-20(22-19)24-12-17(25)13-24/h11,15-17,25H,2-10,12-14H2,1H3/t16-/m0/s1. The predicted octanol–water partition coefficient (Wildman–Crippen LogP) is 2.57. The van der Waals surface area contributed by atoms with Gasteiger partial charge >= 0.3 is 0 Å². The van der Waals surface area contributed by atoms with E-state index < -0.39 is 0 Å². The van der Waals surface area contributed by atoms with Crippen molar-refractivity contribution in [3.63, 3.8) is 0 Å². The topological polar surface area (TPSA) is 61.7 Å². The summed E-state index contributed by atoms with van der Waals surface area (Å²) >= 11 is 0. The zero-order chi connectivity index (χ0) is 17.9. The van der Waals surface area contributed by atoms with Crippen molar-refractivity contribution in [3.05, 3.63) is 11.8 Å². The van der Waals surface area contributed by atoms with E-state index in [0.717, 1.165) is 49.6 Å². The van der Waals surface area contributed by atoms with Crippen LogP contribution in [0.2, 0.25) is 0 Å². The molecule has 0 amide bonds. The number of aromatic nitrogens is 2. The first-order valence-electron chi connectivity index (χ1n) is 10.3. The van der Waals surface area contributed by atoms with E-state index in [1.165, 1.54) is 38.5 Å². The fourth-order valence-electron chi connectivity index (χ4n) is 4.40. The van der Waals surface area contributed by atoms with E-state index in [-0.39, 0.29) is 6.10 Å². The molecule has 26 heavy (non-hydrogen) atoms. The van der Waals surface area contributed by atoms with Gasteiger partial charge in [0.05, 0.1) is 18.4 Å². The van der Waals surface area contributed by atoms with Crippen molar-refractivity contribution in [1.82, 2.24) is 9.97 Å². The number of hydrogen-bond acceptors (Lipinski definition) is 6. The number of ether oxygens (including phenoxy) is 1. The predicted molar refractivity (Wildman–Crippen MR) is 103 cm³/mol. The van der Waals surface area contributed by atoms with Gasteiger partial charge in [0.1, 0.15) is 5.82 Å². The minimum Gasteiger partial charge on any atom is -0.389 e. The van der Waals surface area contributed by atoms with Crippen LogP contribution in [0.15, 0.2) is 6.07 Å². The Morgan fingerprint density at radius 1 is 1.23 bits per heavy atom. The average molecular weight is 361 g/mol. The van der Waals surface area contributed by atoms with Gasteiger partial charge in [0.15, 0.2) is 0 Å². The van der Waals surface area contributed by atoms with Gasteiger partial charge in [-0.2, -0.15) is 4.98 Å². The van der Waals surface area contributed by atoms with Gasteiger partial charge < -0.3 is 19.6 Å². The third-order valence-electron chi connectivity index (χ3n) is 6.19. The van der Waals surface area contributed by atoms with Crippen molar-refractivity contribution in [1.29, 1.82) is 0 Å². The van der Waals surface area contributed by atoms with Crippen molar-refractivity contribution < 1.29 is 9.84 Å². The smallest absolute Gasteiger partial charge is 0.227 e. The second-order valence-corrected chi connectivity index (χ2v) is 8.28. The molecule has 0 unspecified atom stereocenters. The van der Waals surface area contributed by atoms with Gasteiger partial charge in [-0.1, -0.05) is 25.7 Å². The quantitative estimate of drug-likeness (QED) is 0.806. The lowest BCUT2D eigenvalue weighted by Gasteiger charge is -2.36. The number of nitrogens with zero attached hydrogens (tertiary/aromatic N) is 4. The summed E-state index contributed by atoms with van der Waals surface area (Å²) in [6.07, 6.45) is 9.03. The van der Waals surface area contributed by atoms with Gasteiger partial charge in [-0.25, -0.2) is 4.98 Å². The third-order valence-corrected chi connectivity index (χ3v) is 6.19. The van der Waals surface area contributed by atoms with Gasteiger partial charge in [-0.05, 0) is 25.2 Å². The summed E-state index contributed by atoms with van der Waals surface area (Å²) in [5, 5.41) is 9.63. The normalized spacial score (nSPS) is 24.2. The van der Waals surface area contributed by atoms with E-state index in [4.69, 9.17) is 14.7 Å². The Kier molecular flexibility index (Phi) is 5.60. The van der Waals surface area contributed by atoms with Crippen LogP contribution in [0.25, 0.3) is 0 Å². The number of hydrogen-bond donors (Lipinski definition) is 1. The minimum atomic E-state index is -0.246. The molecule has 2 saturated heterocycles. The summed E-state index contributed by atoms with van der Waals surface area (Å²) in [5.74, 6) is 3.08. The van der Waals surface area contributed by atoms with Gasteiger partial charge in [0.2, 0.25) is 5.95 Å². The maximum absolute atomic E-state index is 9.63. The molecular weight excluding hydrogens is 328 g/mol. The van der Waals surface area contributed by atoms with E-state index in [1.807, 2.05) is 0 Å². The van der Waals surface area contributed by atoms with Crippen molar-refractivity contribution in [2.75, 3.05) is 49.7 Å². The summed E-state index contributed by atoms with van der Waals surface area (Å²) in [6, 6.07) is 2.15. The molecule has 0 bridgehead atoms. The summed E-state index contributed by atoms with van der Waals surface area (Å²) in [7, 11) is 2.14. The number of aliphatic hydroxyl groups excluding tert-OH is 1. The first kappa shape index (κ1) is 18.0. The van der Waals surface area contributed by atoms with Crippen LogP contribution < -0.4 is 9.80 Å².